The number of rotatable bonds is 5. The molecule has 1 rings (SSSR count). The Kier molecular flexibility index (Phi) is 4.35. The Hall–Kier alpha value is -1.51. The van der Waals surface area contributed by atoms with Crippen LogP contribution >= 0.6 is 0 Å². The van der Waals surface area contributed by atoms with Gasteiger partial charge in [0, 0.05) is 5.56 Å². The molecule has 0 saturated heterocycles. The predicted molar refractivity (Wildman–Crippen MR) is 64.6 cm³/mol. The van der Waals surface area contributed by atoms with Crippen LogP contribution in [-0.2, 0) is 0 Å². The second kappa shape index (κ2) is 5.54. The Balaban J connectivity index is 2.63. The summed E-state index contributed by atoms with van der Waals surface area (Å²) in [5, 5.41) is 0. The fourth-order valence-corrected chi connectivity index (χ4v) is 1.41. The van der Waals surface area contributed by atoms with Gasteiger partial charge >= 0.3 is 0 Å². The van der Waals surface area contributed by atoms with E-state index in [0.29, 0.717) is 18.1 Å². The Morgan fingerprint density at radius 2 is 2.12 bits per heavy atom. The molecule has 3 heteroatoms. The molecule has 0 heterocycles. The first-order chi connectivity index (χ1) is 7.50. The quantitative estimate of drug-likeness (QED) is 0.830. The van der Waals surface area contributed by atoms with Gasteiger partial charge in [0.1, 0.15) is 5.75 Å². The third-order valence-electron chi connectivity index (χ3n) is 2.43. The van der Waals surface area contributed by atoms with E-state index in [1.165, 1.54) is 0 Å². The molecule has 2 N–H and O–H groups in total. The topological polar surface area (TPSA) is 52.3 Å². The summed E-state index contributed by atoms with van der Waals surface area (Å²) < 4.78 is 5.58. The zero-order valence-electron chi connectivity index (χ0n) is 10.1. The molecule has 88 valence electrons. The molecule has 3 nitrogen and oxygen atoms in total. The van der Waals surface area contributed by atoms with Gasteiger partial charge in [-0.3, -0.25) is 4.79 Å². The maximum atomic E-state index is 11.0. The second-order valence-corrected chi connectivity index (χ2v) is 4.37. The molecule has 16 heavy (non-hydrogen) atoms. The third kappa shape index (κ3) is 3.57. The first-order valence-corrected chi connectivity index (χ1v) is 5.54. The lowest BCUT2D eigenvalue weighted by Gasteiger charge is -2.09. The minimum atomic E-state index is -0.397. The monoisotopic (exact) mass is 221 g/mol. The standard InChI is InChI=1S/C13H19NO2/c1-9(2)6-7-16-11-4-5-12(13(14)15)10(3)8-11/h4-5,8-9H,6-7H2,1-3H3,(H2,14,15). The molecular formula is C13H19NO2. The first-order valence-electron chi connectivity index (χ1n) is 5.54. The zero-order valence-corrected chi connectivity index (χ0v) is 10.1. The van der Waals surface area contributed by atoms with Gasteiger partial charge in [-0.05, 0) is 43.0 Å². The van der Waals surface area contributed by atoms with Crippen molar-refractivity contribution in [3.8, 4) is 5.75 Å². The lowest BCUT2D eigenvalue weighted by molar-refractivity contribution is 0.0999. The highest BCUT2D eigenvalue weighted by Crippen LogP contribution is 2.17. The van der Waals surface area contributed by atoms with Gasteiger partial charge in [0.2, 0.25) is 5.91 Å². The van der Waals surface area contributed by atoms with Crippen molar-refractivity contribution < 1.29 is 9.53 Å². The van der Waals surface area contributed by atoms with Crippen molar-refractivity contribution in [1.29, 1.82) is 0 Å². The predicted octanol–water partition coefficient (Wildman–Crippen LogP) is 2.52. The summed E-state index contributed by atoms with van der Waals surface area (Å²) in [5.41, 5.74) is 6.63. The number of amides is 1. The molecule has 0 spiro atoms. The number of benzene rings is 1. The molecule has 1 amide bonds. The molecule has 0 aliphatic heterocycles. The van der Waals surface area contributed by atoms with Crippen molar-refractivity contribution in [2.24, 2.45) is 11.7 Å². The van der Waals surface area contributed by atoms with Gasteiger partial charge in [-0.1, -0.05) is 13.8 Å². The number of hydrogen-bond acceptors (Lipinski definition) is 2. The van der Waals surface area contributed by atoms with E-state index in [1.54, 1.807) is 12.1 Å². The zero-order chi connectivity index (χ0) is 12.1. The molecule has 1 aromatic carbocycles. The highest BCUT2D eigenvalue weighted by Gasteiger charge is 2.05. The van der Waals surface area contributed by atoms with E-state index in [4.69, 9.17) is 10.5 Å². The molecular weight excluding hydrogens is 202 g/mol. The van der Waals surface area contributed by atoms with Crippen molar-refractivity contribution in [2.75, 3.05) is 6.61 Å². The molecule has 1 aromatic rings. The van der Waals surface area contributed by atoms with Crippen LogP contribution in [0.4, 0.5) is 0 Å². The Morgan fingerprint density at radius 3 is 2.62 bits per heavy atom. The summed E-state index contributed by atoms with van der Waals surface area (Å²) in [4.78, 5) is 11.0. The van der Waals surface area contributed by atoms with E-state index in [0.717, 1.165) is 17.7 Å². The van der Waals surface area contributed by atoms with Crippen LogP contribution in [0.25, 0.3) is 0 Å². The fourth-order valence-electron chi connectivity index (χ4n) is 1.41. The molecule has 0 unspecified atom stereocenters. The summed E-state index contributed by atoms with van der Waals surface area (Å²) in [6.45, 7) is 6.87. The van der Waals surface area contributed by atoms with Crippen molar-refractivity contribution in [3.63, 3.8) is 0 Å². The average Bonchev–Trinajstić information content (AvgIpc) is 2.16. The van der Waals surface area contributed by atoms with Crippen molar-refractivity contribution in [1.82, 2.24) is 0 Å². The van der Waals surface area contributed by atoms with Gasteiger partial charge in [-0.2, -0.15) is 0 Å². The number of aryl methyl sites for hydroxylation is 1. The number of nitrogens with two attached hydrogens (primary N) is 1. The molecule has 0 saturated carbocycles. The molecule has 0 fully saturated rings. The smallest absolute Gasteiger partial charge is 0.248 e. The minimum absolute atomic E-state index is 0.397. The van der Waals surface area contributed by atoms with Crippen LogP contribution in [0, 0.1) is 12.8 Å². The van der Waals surface area contributed by atoms with E-state index < -0.39 is 5.91 Å². The summed E-state index contributed by atoms with van der Waals surface area (Å²) in [6, 6.07) is 5.34. The number of carbonyl (C=O) groups is 1. The third-order valence-corrected chi connectivity index (χ3v) is 2.43. The molecule has 0 bridgehead atoms. The summed E-state index contributed by atoms with van der Waals surface area (Å²) >= 11 is 0. The summed E-state index contributed by atoms with van der Waals surface area (Å²) in [6.07, 6.45) is 1.02. The van der Waals surface area contributed by atoms with Gasteiger partial charge in [-0.25, -0.2) is 0 Å². The summed E-state index contributed by atoms with van der Waals surface area (Å²) in [5.74, 6) is 1.03. The largest absolute Gasteiger partial charge is 0.494 e. The lowest BCUT2D eigenvalue weighted by atomic mass is 10.1. The maximum absolute atomic E-state index is 11.0. The van der Waals surface area contributed by atoms with Crippen LogP contribution in [0.5, 0.6) is 5.75 Å². The van der Waals surface area contributed by atoms with E-state index in [9.17, 15) is 4.79 Å². The second-order valence-electron chi connectivity index (χ2n) is 4.37. The normalized spacial score (nSPS) is 10.5. The average molecular weight is 221 g/mol. The Morgan fingerprint density at radius 1 is 1.44 bits per heavy atom. The number of primary amides is 1. The molecule has 0 aromatic heterocycles. The van der Waals surface area contributed by atoms with Crippen molar-refractivity contribution in [2.45, 2.75) is 27.2 Å². The van der Waals surface area contributed by atoms with Gasteiger partial charge in [0.25, 0.3) is 0 Å². The SMILES string of the molecule is Cc1cc(OCCC(C)C)ccc1C(N)=O. The van der Waals surface area contributed by atoms with E-state index in [2.05, 4.69) is 13.8 Å². The maximum Gasteiger partial charge on any atom is 0.248 e. The van der Waals surface area contributed by atoms with Gasteiger partial charge < -0.3 is 10.5 Å². The summed E-state index contributed by atoms with van der Waals surface area (Å²) in [7, 11) is 0. The highest BCUT2D eigenvalue weighted by atomic mass is 16.5. The van der Waals surface area contributed by atoms with Gasteiger partial charge in [-0.15, -0.1) is 0 Å². The molecule has 0 aliphatic carbocycles. The van der Waals surface area contributed by atoms with Crippen LogP contribution in [0.3, 0.4) is 0 Å². The molecule has 0 aliphatic rings. The lowest BCUT2D eigenvalue weighted by Crippen LogP contribution is -2.12. The van der Waals surface area contributed by atoms with Crippen molar-refractivity contribution >= 4 is 5.91 Å². The van der Waals surface area contributed by atoms with Crippen molar-refractivity contribution in [3.05, 3.63) is 29.3 Å². The number of ether oxygens (including phenoxy) is 1. The minimum Gasteiger partial charge on any atom is -0.494 e. The Bertz CT molecular complexity index is 372. The van der Waals surface area contributed by atoms with E-state index >= 15 is 0 Å². The van der Waals surface area contributed by atoms with Gasteiger partial charge in [0.05, 0.1) is 6.61 Å². The van der Waals surface area contributed by atoms with Crippen LogP contribution < -0.4 is 10.5 Å². The van der Waals surface area contributed by atoms with Gasteiger partial charge in [0.15, 0.2) is 0 Å². The first kappa shape index (κ1) is 12.6. The van der Waals surface area contributed by atoms with Crippen LogP contribution in [0.1, 0.15) is 36.2 Å². The van der Waals surface area contributed by atoms with Crippen LogP contribution in [0.2, 0.25) is 0 Å². The molecule has 0 radical (unpaired) electrons. The van der Waals surface area contributed by atoms with E-state index in [1.807, 2.05) is 13.0 Å². The number of carbonyl (C=O) groups excluding carboxylic acids is 1. The highest BCUT2D eigenvalue weighted by molar-refractivity contribution is 5.94. The fraction of sp³-hybridized carbons (Fsp3) is 0.462. The van der Waals surface area contributed by atoms with Crippen LogP contribution in [-0.4, -0.2) is 12.5 Å². The number of hydrogen-bond donors (Lipinski definition) is 1. The Labute approximate surface area is 96.6 Å². The van der Waals surface area contributed by atoms with E-state index in [-0.39, 0.29) is 0 Å². The van der Waals surface area contributed by atoms with Crippen LogP contribution in [0.15, 0.2) is 18.2 Å². The molecule has 0 atom stereocenters.